The van der Waals surface area contributed by atoms with Gasteiger partial charge in [0.25, 0.3) is 5.91 Å². The van der Waals surface area contributed by atoms with Crippen molar-refractivity contribution >= 4 is 17.5 Å². The van der Waals surface area contributed by atoms with Crippen molar-refractivity contribution in [3.63, 3.8) is 0 Å². The summed E-state index contributed by atoms with van der Waals surface area (Å²) in [5, 5.41) is 18.2. The van der Waals surface area contributed by atoms with Gasteiger partial charge in [-0.25, -0.2) is 0 Å². The fraction of sp³-hybridized carbons (Fsp3) is 0.517. The lowest BCUT2D eigenvalue weighted by molar-refractivity contribution is -0.119. The van der Waals surface area contributed by atoms with E-state index in [4.69, 9.17) is 0 Å². The maximum atomic E-state index is 13.7. The zero-order valence-corrected chi connectivity index (χ0v) is 21.7. The van der Waals surface area contributed by atoms with Gasteiger partial charge in [0, 0.05) is 35.6 Å². The van der Waals surface area contributed by atoms with Crippen LogP contribution in [0.3, 0.4) is 0 Å². The van der Waals surface area contributed by atoms with Crippen molar-refractivity contribution in [2.45, 2.75) is 77.3 Å². The van der Waals surface area contributed by atoms with Gasteiger partial charge in [-0.05, 0) is 93.4 Å². The normalized spacial score (nSPS) is 18.1. The number of aryl methyl sites for hydroxylation is 2. The lowest BCUT2D eigenvalue weighted by Gasteiger charge is -2.27. The number of nitrogens with zero attached hydrogens (tertiary/aromatic N) is 3. The number of carbonyl (C=O) groups is 2. The van der Waals surface area contributed by atoms with Crippen molar-refractivity contribution in [2.75, 3.05) is 5.32 Å². The Bertz CT molecular complexity index is 1270. The highest BCUT2D eigenvalue weighted by molar-refractivity contribution is 6.01. The quantitative estimate of drug-likeness (QED) is 0.343. The third-order valence-electron chi connectivity index (χ3n) is 8.05. The average molecular weight is 501 g/mol. The number of hydrogen-bond donors (Lipinski definition) is 3. The largest absolute Gasteiger partial charge is 0.339 e. The zero-order chi connectivity index (χ0) is 25.5. The molecule has 194 valence electrons. The highest BCUT2D eigenvalue weighted by atomic mass is 16.2. The lowest BCUT2D eigenvalue weighted by atomic mass is 9.88. The van der Waals surface area contributed by atoms with Crippen LogP contribution in [-0.2, 0) is 11.3 Å². The maximum Gasteiger partial charge on any atom is 0.270 e. The SMILES string of the molecule is CCCn1nccc1C(=O)N[C@H](C(=O)Nc1ccc(-c2c(C3CC3)n[nH]c2C)cc1)C(C1CC1)C1CC1. The molecule has 3 N–H and O–H groups in total. The van der Waals surface area contributed by atoms with Crippen molar-refractivity contribution in [3.8, 4) is 11.1 Å². The number of rotatable bonds is 11. The molecular weight excluding hydrogens is 464 g/mol. The van der Waals surface area contributed by atoms with Crippen LogP contribution < -0.4 is 10.6 Å². The molecule has 8 nitrogen and oxygen atoms in total. The summed E-state index contributed by atoms with van der Waals surface area (Å²) in [5.74, 6) is 1.40. The molecule has 37 heavy (non-hydrogen) atoms. The van der Waals surface area contributed by atoms with Gasteiger partial charge in [-0.1, -0.05) is 19.1 Å². The molecule has 8 heteroatoms. The van der Waals surface area contributed by atoms with E-state index in [1.54, 1.807) is 16.9 Å². The van der Waals surface area contributed by atoms with Gasteiger partial charge in [0.15, 0.2) is 0 Å². The van der Waals surface area contributed by atoms with Gasteiger partial charge < -0.3 is 10.6 Å². The third kappa shape index (κ3) is 5.06. The van der Waals surface area contributed by atoms with Crippen LogP contribution in [0.1, 0.15) is 79.7 Å². The number of amides is 2. The molecule has 1 aromatic carbocycles. The molecule has 0 bridgehead atoms. The van der Waals surface area contributed by atoms with Crippen LogP contribution in [0, 0.1) is 24.7 Å². The third-order valence-corrected chi connectivity index (χ3v) is 8.05. The van der Waals surface area contributed by atoms with E-state index < -0.39 is 6.04 Å². The minimum absolute atomic E-state index is 0.135. The Labute approximate surface area is 217 Å². The molecule has 3 aromatic rings. The maximum absolute atomic E-state index is 13.7. The van der Waals surface area contributed by atoms with Gasteiger partial charge >= 0.3 is 0 Å². The standard InChI is InChI=1S/C29H36N6O2/c1-3-16-35-23(14-15-30-35)28(36)32-27(25(19-4-5-19)20-6-7-20)29(37)31-22-12-10-18(11-13-22)24-17(2)33-34-26(24)21-8-9-21/h10-15,19-21,25,27H,3-9,16H2,1-2H3,(H,31,37)(H,32,36)(H,33,34)/t27-/m0/s1. The lowest BCUT2D eigenvalue weighted by Crippen LogP contribution is -2.50. The van der Waals surface area contributed by atoms with Gasteiger partial charge in [-0.3, -0.25) is 19.4 Å². The Kier molecular flexibility index (Phi) is 6.34. The van der Waals surface area contributed by atoms with E-state index in [9.17, 15) is 9.59 Å². The minimum Gasteiger partial charge on any atom is -0.339 e. The number of benzene rings is 1. The minimum atomic E-state index is -0.560. The number of H-pyrrole nitrogens is 1. The van der Waals surface area contributed by atoms with Crippen molar-refractivity contribution in [1.29, 1.82) is 0 Å². The van der Waals surface area contributed by atoms with E-state index in [-0.39, 0.29) is 17.7 Å². The van der Waals surface area contributed by atoms with Crippen LogP contribution in [0.5, 0.6) is 0 Å². The number of anilines is 1. The predicted molar refractivity (Wildman–Crippen MR) is 142 cm³/mol. The molecule has 2 aromatic heterocycles. The van der Waals surface area contributed by atoms with Crippen LogP contribution in [0.2, 0.25) is 0 Å². The first-order chi connectivity index (χ1) is 18.0. The highest BCUT2D eigenvalue weighted by Gasteiger charge is 2.48. The molecule has 1 atom stereocenters. The fourth-order valence-corrected chi connectivity index (χ4v) is 5.76. The number of aromatic nitrogens is 4. The van der Waals surface area contributed by atoms with Crippen molar-refractivity contribution < 1.29 is 9.59 Å². The Morgan fingerprint density at radius 2 is 1.76 bits per heavy atom. The summed E-state index contributed by atoms with van der Waals surface area (Å²) in [6.45, 7) is 4.79. The van der Waals surface area contributed by atoms with Crippen LogP contribution in [0.15, 0.2) is 36.5 Å². The molecule has 0 unspecified atom stereocenters. The number of nitrogens with one attached hydrogen (secondary N) is 3. The van der Waals surface area contributed by atoms with Crippen molar-refractivity contribution in [1.82, 2.24) is 25.3 Å². The van der Waals surface area contributed by atoms with Gasteiger partial charge in [0.05, 0.1) is 5.69 Å². The predicted octanol–water partition coefficient (Wildman–Crippen LogP) is 5.04. The van der Waals surface area contributed by atoms with Crippen LogP contribution in [-0.4, -0.2) is 37.8 Å². The van der Waals surface area contributed by atoms with E-state index in [2.05, 4.69) is 51.9 Å². The smallest absolute Gasteiger partial charge is 0.270 e. The van der Waals surface area contributed by atoms with Gasteiger partial charge in [0.1, 0.15) is 11.7 Å². The zero-order valence-electron chi connectivity index (χ0n) is 21.7. The van der Waals surface area contributed by atoms with Crippen LogP contribution in [0.4, 0.5) is 5.69 Å². The van der Waals surface area contributed by atoms with E-state index >= 15 is 0 Å². The number of carbonyl (C=O) groups excluding carboxylic acids is 2. The van der Waals surface area contributed by atoms with Gasteiger partial charge in [-0.2, -0.15) is 10.2 Å². The van der Waals surface area contributed by atoms with Crippen LogP contribution >= 0.6 is 0 Å². The first-order valence-electron chi connectivity index (χ1n) is 13.8. The summed E-state index contributed by atoms with van der Waals surface area (Å²) in [6, 6.07) is 9.18. The summed E-state index contributed by atoms with van der Waals surface area (Å²) >= 11 is 0. The molecule has 6 rings (SSSR count). The highest BCUT2D eigenvalue weighted by Crippen LogP contribution is 2.51. The van der Waals surface area contributed by atoms with Gasteiger partial charge in [-0.15, -0.1) is 0 Å². The monoisotopic (exact) mass is 500 g/mol. The van der Waals surface area contributed by atoms with Crippen molar-refractivity contribution in [2.24, 2.45) is 17.8 Å². The van der Waals surface area contributed by atoms with E-state index in [0.717, 1.165) is 54.7 Å². The first kappa shape index (κ1) is 23.9. The van der Waals surface area contributed by atoms with Gasteiger partial charge in [0.2, 0.25) is 5.91 Å². The molecule has 0 saturated heterocycles. The summed E-state index contributed by atoms with van der Waals surface area (Å²) in [5.41, 5.74) is 5.75. The second kappa shape index (κ2) is 9.80. The topological polar surface area (TPSA) is 105 Å². The molecule has 3 saturated carbocycles. The molecule has 3 fully saturated rings. The molecule has 2 heterocycles. The summed E-state index contributed by atoms with van der Waals surface area (Å²) < 4.78 is 1.72. The first-order valence-corrected chi connectivity index (χ1v) is 13.8. The van der Waals surface area contributed by atoms with E-state index in [1.807, 2.05) is 12.1 Å². The summed E-state index contributed by atoms with van der Waals surface area (Å²) in [6.07, 6.45) is 9.47. The molecular formula is C29H36N6O2. The summed E-state index contributed by atoms with van der Waals surface area (Å²) in [7, 11) is 0. The number of hydrogen-bond acceptors (Lipinski definition) is 4. The average Bonchev–Trinajstić information content (AvgIpc) is 3.78. The molecule has 0 spiro atoms. The molecule has 0 aliphatic heterocycles. The summed E-state index contributed by atoms with van der Waals surface area (Å²) in [4.78, 5) is 27.0. The molecule has 3 aliphatic carbocycles. The van der Waals surface area contributed by atoms with E-state index in [0.29, 0.717) is 30.0 Å². The Balaban J connectivity index is 1.21. The molecule has 0 radical (unpaired) electrons. The van der Waals surface area contributed by atoms with Crippen molar-refractivity contribution in [3.05, 3.63) is 53.6 Å². The fourth-order valence-electron chi connectivity index (χ4n) is 5.76. The second-order valence-corrected chi connectivity index (χ2v) is 11.1. The molecule has 3 aliphatic rings. The second-order valence-electron chi connectivity index (χ2n) is 11.1. The van der Waals surface area contributed by atoms with Crippen LogP contribution in [0.25, 0.3) is 11.1 Å². The Morgan fingerprint density at radius 1 is 1.05 bits per heavy atom. The number of aromatic amines is 1. The Morgan fingerprint density at radius 3 is 2.38 bits per heavy atom. The molecule has 2 amide bonds. The Hall–Kier alpha value is -3.42. The van der Waals surface area contributed by atoms with E-state index in [1.165, 1.54) is 18.4 Å².